The molecule has 1 aromatic carbocycles. The van der Waals surface area contributed by atoms with Crippen molar-refractivity contribution in [3.8, 4) is 5.75 Å². The number of aromatic nitrogens is 1. The summed E-state index contributed by atoms with van der Waals surface area (Å²) in [4.78, 5) is 4.51. The van der Waals surface area contributed by atoms with E-state index in [-0.39, 0.29) is 40.6 Å². The van der Waals surface area contributed by atoms with E-state index in [9.17, 15) is 0 Å². The maximum atomic E-state index is 5.79. The number of nitrogens with two attached hydrogens (primary N) is 1. The van der Waals surface area contributed by atoms with Crippen LogP contribution in [0.25, 0.3) is 10.9 Å². The first kappa shape index (κ1) is 20.5. The van der Waals surface area contributed by atoms with E-state index in [1.165, 1.54) is 21.4 Å². The van der Waals surface area contributed by atoms with Crippen LogP contribution in [0.15, 0.2) is 30.5 Å². The smallest absolute Gasteiger partial charge is 0.147 e. The molecule has 0 saturated heterocycles. The Hall–Kier alpha value is -0.472. The molecule has 1 radical (unpaired) electrons. The van der Waals surface area contributed by atoms with Gasteiger partial charge in [-0.15, -0.1) is 24.8 Å². The molecule has 117 valence electrons. The average molecular weight is 392 g/mol. The van der Waals surface area contributed by atoms with Gasteiger partial charge >= 0.3 is 121 Å². The first-order chi connectivity index (χ1) is 9.20. The Morgan fingerprint density at radius 2 is 2.10 bits per heavy atom. The van der Waals surface area contributed by atoms with Gasteiger partial charge in [-0.3, -0.25) is 0 Å². The van der Waals surface area contributed by atoms with Gasteiger partial charge in [0.1, 0.15) is 0 Å². The predicted octanol–water partition coefficient (Wildman–Crippen LogP) is 2.96. The van der Waals surface area contributed by atoms with Crippen molar-refractivity contribution in [2.24, 2.45) is 5.73 Å². The molecular weight excluding hydrogens is 370 g/mol. The van der Waals surface area contributed by atoms with E-state index in [1.807, 2.05) is 12.3 Å². The SMILES string of the molecule is COc1cc([As]CCCC(C)N)c2ncccc2c1.Cl.Cl. The number of hydrogen-bond donors (Lipinski definition) is 1. The van der Waals surface area contributed by atoms with E-state index in [0.717, 1.165) is 17.7 Å². The molecule has 0 aliphatic heterocycles. The Labute approximate surface area is 145 Å². The second-order valence-electron chi connectivity index (χ2n) is 4.72. The summed E-state index contributed by atoms with van der Waals surface area (Å²) in [5.41, 5.74) is 6.91. The van der Waals surface area contributed by atoms with Crippen LogP contribution in [0.5, 0.6) is 5.75 Å². The molecule has 0 bridgehead atoms. The number of methoxy groups -OCH3 is 1. The van der Waals surface area contributed by atoms with E-state index in [4.69, 9.17) is 10.5 Å². The molecule has 1 atom stereocenters. The molecule has 0 saturated carbocycles. The van der Waals surface area contributed by atoms with Gasteiger partial charge in [0, 0.05) is 0 Å². The topological polar surface area (TPSA) is 48.1 Å². The van der Waals surface area contributed by atoms with Gasteiger partial charge in [0.15, 0.2) is 0 Å². The third-order valence-electron chi connectivity index (χ3n) is 2.99. The van der Waals surface area contributed by atoms with Gasteiger partial charge in [-0.1, -0.05) is 0 Å². The fourth-order valence-electron chi connectivity index (χ4n) is 2.00. The van der Waals surface area contributed by atoms with Crippen molar-refractivity contribution in [3.63, 3.8) is 0 Å². The van der Waals surface area contributed by atoms with Gasteiger partial charge in [0.05, 0.1) is 0 Å². The Morgan fingerprint density at radius 1 is 1.33 bits per heavy atom. The molecular formula is C15H22AsCl2N2O. The largest absolute Gasteiger partial charge is 0.147 e. The van der Waals surface area contributed by atoms with Gasteiger partial charge in [-0.25, -0.2) is 0 Å². The first-order valence-corrected chi connectivity index (χ1v) is 8.83. The predicted molar refractivity (Wildman–Crippen MR) is 95.9 cm³/mol. The average Bonchev–Trinajstić information content (AvgIpc) is 2.42. The summed E-state index contributed by atoms with van der Waals surface area (Å²) in [6.07, 6.45) is 4.16. The Kier molecular flexibility index (Phi) is 10.1. The van der Waals surface area contributed by atoms with Gasteiger partial charge in [0.2, 0.25) is 0 Å². The quantitative estimate of drug-likeness (QED) is 0.608. The molecule has 6 heteroatoms. The van der Waals surface area contributed by atoms with Crippen LogP contribution in [0.4, 0.5) is 0 Å². The number of pyridine rings is 1. The van der Waals surface area contributed by atoms with E-state index in [1.54, 1.807) is 7.11 Å². The second-order valence-corrected chi connectivity index (χ2v) is 7.34. The number of hydrogen-bond acceptors (Lipinski definition) is 3. The molecule has 21 heavy (non-hydrogen) atoms. The van der Waals surface area contributed by atoms with Crippen LogP contribution in [-0.2, 0) is 0 Å². The molecule has 1 unspecified atom stereocenters. The Morgan fingerprint density at radius 3 is 2.76 bits per heavy atom. The van der Waals surface area contributed by atoms with E-state index in [0.29, 0.717) is 6.04 Å². The van der Waals surface area contributed by atoms with Crippen molar-refractivity contribution in [2.45, 2.75) is 31.0 Å². The number of halogens is 2. The Balaban J connectivity index is 0.00000200. The molecule has 2 rings (SSSR count). The van der Waals surface area contributed by atoms with Crippen molar-refractivity contribution >= 4 is 55.8 Å². The number of nitrogens with zero attached hydrogens (tertiary/aromatic N) is 1. The van der Waals surface area contributed by atoms with Crippen molar-refractivity contribution in [1.29, 1.82) is 0 Å². The van der Waals surface area contributed by atoms with Crippen LogP contribution in [-0.4, -0.2) is 33.9 Å². The van der Waals surface area contributed by atoms with Crippen molar-refractivity contribution in [3.05, 3.63) is 30.5 Å². The zero-order valence-corrected chi connectivity index (χ0v) is 15.8. The van der Waals surface area contributed by atoms with E-state index >= 15 is 0 Å². The summed E-state index contributed by atoms with van der Waals surface area (Å²) >= 11 is 0.127. The third-order valence-corrected chi connectivity index (χ3v) is 5.56. The summed E-state index contributed by atoms with van der Waals surface area (Å²) in [6, 6.07) is 8.56. The number of benzene rings is 1. The Bertz CT molecular complexity index is 552. The number of fused-ring (bicyclic) bond motifs is 1. The van der Waals surface area contributed by atoms with Gasteiger partial charge in [-0.2, -0.15) is 0 Å². The zero-order chi connectivity index (χ0) is 13.7. The fourth-order valence-corrected chi connectivity index (χ4v) is 4.38. The second kappa shape index (κ2) is 10.3. The minimum absolute atomic E-state index is 0. The third kappa shape index (κ3) is 6.04. The molecule has 3 nitrogen and oxygen atoms in total. The van der Waals surface area contributed by atoms with Gasteiger partial charge < -0.3 is 0 Å². The summed E-state index contributed by atoms with van der Waals surface area (Å²) in [5.74, 6) is 0.929. The van der Waals surface area contributed by atoms with Crippen molar-refractivity contribution in [2.75, 3.05) is 7.11 Å². The van der Waals surface area contributed by atoms with Gasteiger partial charge in [-0.05, 0) is 0 Å². The molecule has 2 aromatic rings. The van der Waals surface area contributed by atoms with Crippen LogP contribution in [0.2, 0.25) is 5.21 Å². The molecule has 0 aliphatic carbocycles. The molecule has 0 amide bonds. The minimum atomic E-state index is 0. The van der Waals surface area contributed by atoms with Crippen LogP contribution in [0, 0.1) is 0 Å². The normalized spacial score (nSPS) is 12.0. The van der Waals surface area contributed by atoms with Gasteiger partial charge in [0.25, 0.3) is 0 Å². The summed E-state index contributed by atoms with van der Waals surface area (Å²) in [7, 11) is 1.72. The van der Waals surface area contributed by atoms with E-state index in [2.05, 4.69) is 30.1 Å². The molecule has 0 aliphatic rings. The molecule has 1 aromatic heterocycles. The molecule has 1 heterocycles. The monoisotopic (exact) mass is 391 g/mol. The van der Waals surface area contributed by atoms with Crippen LogP contribution in [0.3, 0.4) is 0 Å². The van der Waals surface area contributed by atoms with Crippen LogP contribution >= 0.6 is 24.8 Å². The summed E-state index contributed by atoms with van der Waals surface area (Å²) in [6.45, 7) is 2.07. The maximum Gasteiger partial charge on any atom is -0.147 e. The minimum Gasteiger partial charge on any atom is -0.147 e. The van der Waals surface area contributed by atoms with Crippen LogP contribution in [0.1, 0.15) is 19.8 Å². The molecule has 2 N–H and O–H groups in total. The number of rotatable bonds is 6. The number of ether oxygens (including phenoxy) is 1. The molecule has 0 fully saturated rings. The standard InChI is InChI=1S/C15H20AsN2O.2ClH/c1-11(17)5-3-7-16-14-10-13(19-2)9-12-6-4-8-18-15(12)14;;/h4,6,8-11H,3,5,7,17H2,1-2H3;2*1H. The fraction of sp³-hybridized carbons (Fsp3) is 0.400. The summed E-state index contributed by atoms with van der Waals surface area (Å²) < 4.78 is 6.73. The summed E-state index contributed by atoms with van der Waals surface area (Å²) in [5, 5.41) is 2.40. The maximum absolute atomic E-state index is 5.79. The zero-order valence-electron chi connectivity index (χ0n) is 12.3. The van der Waals surface area contributed by atoms with E-state index < -0.39 is 0 Å². The van der Waals surface area contributed by atoms with Crippen molar-refractivity contribution in [1.82, 2.24) is 4.98 Å². The van der Waals surface area contributed by atoms with Crippen molar-refractivity contribution < 1.29 is 4.74 Å². The first-order valence-electron chi connectivity index (χ1n) is 6.56. The van der Waals surface area contributed by atoms with Crippen LogP contribution < -0.4 is 14.8 Å². The molecule has 0 spiro atoms.